The maximum atomic E-state index is 5.87. The quantitative estimate of drug-likeness (QED) is 0.0852. The van der Waals surface area contributed by atoms with E-state index in [4.69, 9.17) is 16.3 Å². The van der Waals surface area contributed by atoms with Gasteiger partial charge in [-0.3, -0.25) is 0 Å². The van der Waals surface area contributed by atoms with Crippen LogP contribution >= 0.6 is 28.3 Å². The van der Waals surface area contributed by atoms with Gasteiger partial charge in [-0.2, -0.15) is 0 Å². The van der Waals surface area contributed by atoms with E-state index in [2.05, 4.69) is 45.2 Å². The molecule has 162 valence electrons. The second-order valence-corrected chi connectivity index (χ2v) is 17.5. The fraction of sp³-hybridized carbons (Fsp3) is 0.909. The topological polar surface area (TPSA) is 9.23 Å². The summed E-state index contributed by atoms with van der Waals surface area (Å²) in [4.78, 5) is 0. The molecule has 0 fully saturated rings. The molecule has 0 aliphatic rings. The molecule has 5 heteroatoms. The standard InChI is InChI=1S/C22H45OPS3/c1-4-6-7-8-9-10-11-12-13-14-15-16-17-18-19-20-21-23-24(25,26)27-22(3)5-2/h12-13,22H,4-11,14-21H2,1-3H3,(H,25,26)/b13-12-. The Balaban J connectivity index is 3.31. The van der Waals surface area contributed by atoms with Crippen molar-refractivity contribution in [3.8, 4) is 0 Å². The zero-order valence-electron chi connectivity index (χ0n) is 18.2. The third-order valence-electron chi connectivity index (χ3n) is 4.80. The Morgan fingerprint density at radius 1 is 0.852 bits per heavy atom. The van der Waals surface area contributed by atoms with Gasteiger partial charge in [-0.1, -0.05) is 102 Å². The fourth-order valence-electron chi connectivity index (χ4n) is 2.86. The number of rotatable bonds is 20. The van der Waals surface area contributed by atoms with E-state index in [-0.39, 0.29) is 0 Å². The van der Waals surface area contributed by atoms with Crippen LogP contribution in [0.15, 0.2) is 12.2 Å². The maximum absolute atomic E-state index is 5.87. The highest BCUT2D eigenvalue weighted by molar-refractivity contribution is 8.95. The van der Waals surface area contributed by atoms with Gasteiger partial charge in [0.2, 0.25) is 0 Å². The lowest BCUT2D eigenvalue weighted by molar-refractivity contribution is 0.347. The summed E-state index contributed by atoms with van der Waals surface area (Å²) in [5, 5.41) is 0.549. The second kappa shape index (κ2) is 20.3. The molecule has 0 amide bonds. The molecule has 0 saturated carbocycles. The Hall–Kier alpha value is 1.05. The average Bonchev–Trinajstić information content (AvgIpc) is 2.63. The van der Waals surface area contributed by atoms with Gasteiger partial charge in [0.25, 0.3) is 0 Å². The van der Waals surface area contributed by atoms with Gasteiger partial charge in [-0.15, -0.1) is 12.2 Å². The first-order valence-electron chi connectivity index (χ1n) is 11.3. The summed E-state index contributed by atoms with van der Waals surface area (Å²) >= 11 is 11.8. The molecule has 2 unspecified atom stereocenters. The minimum atomic E-state index is -1.92. The van der Waals surface area contributed by atoms with Crippen molar-refractivity contribution in [2.45, 2.75) is 122 Å². The number of hydrogen-bond acceptors (Lipinski definition) is 3. The van der Waals surface area contributed by atoms with Gasteiger partial charge in [0.05, 0.1) is 6.61 Å². The van der Waals surface area contributed by atoms with E-state index in [0.29, 0.717) is 5.25 Å². The molecule has 0 saturated heterocycles. The van der Waals surface area contributed by atoms with Crippen LogP contribution in [0.5, 0.6) is 0 Å². The minimum Gasteiger partial charge on any atom is -0.334 e. The molecule has 0 bridgehead atoms. The van der Waals surface area contributed by atoms with Gasteiger partial charge in [0, 0.05) is 5.25 Å². The van der Waals surface area contributed by atoms with Crippen LogP contribution in [0.2, 0.25) is 0 Å². The average molecular weight is 453 g/mol. The van der Waals surface area contributed by atoms with E-state index in [1.807, 2.05) is 0 Å². The first-order chi connectivity index (χ1) is 13.0. The van der Waals surface area contributed by atoms with Crippen molar-refractivity contribution in [2.24, 2.45) is 0 Å². The summed E-state index contributed by atoms with van der Waals surface area (Å²) in [7, 11) is 0. The largest absolute Gasteiger partial charge is 0.334 e. The first kappa shape index (κ1) is 28.1. The number of allylic oxidation sites excluding steroid dienone is 2. The molecule has 27 heavy (non-hydrogen) atoms. The Morgan fingerprint density at radius 2 is 1.33 bits per heavy atom. The summed E-state index contributed by atoms with van der Waals surface area (Å²) in [6, 6.07) is 0. The molecule has 0 aromatic heterocycles. The maximum Gasteiger partial charge on any atom is 0.171 e. The van der Waals surface area contributed by atoms with Crippen molar-refractivity contribution in [3.63, 3.8) is 0 Å². The monoisotopic (exact) mass is 452 g/mol. The predicted octanol–water partition coefficient (Wildman–Crippen LogP) is 9.73. The van der Waals surface area contributed by atoms with Crippen LogP contribution in [0.3, 0.4) is 0 Å². The normalized spacial score (nSPS) is 15.3. The SMILES string of the molecule is CCCCCCCC/C=C\CCCCCCCCOP(=S)(S)SC(C)CC. The van der Waals surface area contributed by atoms with E-state index in [0.717, 1.165) is 19.4 Å². The fourth-order valence-corrected chi connectivity index (χ4v) is 9.34. The second-order valence-electron chi connectivity index (χ2n) is 7.56. The summed E-state index contributed by atoms with van der Waals surface area (Å²) in [5.41, 5.74) is 0. The van der Waals surface area contributed by atoms with Crippen molar-refractivity contribution in [2.75, 3.05) is 6.61 Å². The van der Waals surface area contributed by atoms with E-state index < -0.39 is 4.67 Å². The van der Waals surface area contributed by atoms with Crippen LogP contribution in [0.25, 0.3) is 0 Å². The van der Waals surface area contributed by atoms with Crippen LogP contribution in [0.1, 0.15) is 117 Å². The summed E-state index contributed by atoms with van der Waals surface area (Å²) in [6.45, 7) is 7.45. The van der Waals surface area contributed by atoms with Gasteiger partial charge in [0.15, 0.2) is 4.67 Å². The third-order valence-corrected chi connectivity index (χ3v) is 10.7. The molecular formula is C22H45OPS3. The molecule has 0 heterocycles. The highest BCUT2D eigenvalue weighted by Gasteiger charge is 2.16. The molecule has 1 nitrogen and oxygen atoms in total. The molecule has 0 aromatic rings. The van der Waals surface area contributed by atoms with Gasteiger partial charge in [-0.05, 0) is 50.3 Å². The van der Waals surface area contributed by atoms with Gasteiger partial charge < -0.3 is 4.52 Å². The van der Waals surface area contributed by atoms with Crippen molar-refractivity contribution >= 4 is 40.1 Å². The van der Waals surface area contributed by atoms with Crippen molar-refractivity contribution < 1.29 is 4.52 Å². The zero-order valence-corrected chi connectivity index (χ0v) is 21.6. The molecule has 0 rings (SSSR count). The number of unbranched alkanes of at least 4 members (excludes halogenated alkanes) is 12. The lowest BCUT2D eigenvalue weighted by Gasteiger charge is -2.19. The van der Waals surface area contributed by atoms with Gasteiger partial charge in [-0.25, -0.2) is 0 Å². The van der Waals surface area contributed by atoms with E-state index in [1.165, 1.54) is 83.5 Å². The van der Waals surface area contributed by atoms with Crippen LogP contribution in [-0.2, 0) is 16.3 Å². The Labute approximate surface area is 185 Å². The minimum absolute atomic E-state index is 0.549. The Kier molecular flexibility index (Phi) is 21.1. The Morgan fingerprint density at radius 3 is 1.85 bits per heavy atom. The molecule has 0 spiro atoms. The Bertz CT molecular complexity index is 388. The molecule has 0 N–H and O–H groups in total. The van der Waals surface area contributed by atoms with E-state index in [9.17, 15) is 0 Å². The molecule has 0 aliphatic heterocycles. The van der Waals surface area contributed by atoms with Crippen LogP contribution < -0.4 is 0 Å². The summed E-state index contributed by atoms with van der Waals surface area (Å²) in [6.07, 6.45) is 24.6. The molecule has 2 atom stereocenters. The lowest BCUT2D eigenvalue weighted by atomic mass is 10.1. The highest BCUT2D eigenvalue weighted by Crippen LogP contribution is 2.66. The number of hydrogen-bond donors (Lipinski definition) is 1. The lowest BCUT2D eigenvalue weighted by Crippen LogP contribution is -1.94. The first-order valence-corrected chi connectivity index (χ1v) is 16.7. The smallest absolute Gasteiger partial charge is 0.171 e. The summed E-state index contributed by atoms with van der Waals surface area (Å²) in [5.74, 6) is 0. The van der Waals surface area contributed by atoms with Crippen LogP contribution in [0, 0.1) is 0 Å². The number of thiol groups is 1. The van der Waals surface area contributed by atoms with E-state index in [1.54, 1.807) is 11.4 Å². The van der Waals surface area contributed by atoms with E-state index >= 15 is 0 Å². The van der Waals surface area contributed by atoms with Crippen LogP contribution in [0.4, 0.5) is 0 Å². The van der Waals surface area contributed by atoms with Gasteiger partial charge >= 0.3 is 0 Å². The highest BCUT2D eigenvalue weighted by atomic mass is 33.2. The van der Waals surface area contributed by atoms with Crippen molar-refractivity contribution in [3.05, 3.63) is 12.2 Å². The molecule has 0 radical (unpaired) electrons. The van der Waals surface area contributed by atoms with Crippen molar-refractivity contribution in [1.29, 1.82) is 0 Å². The van der Waals surface area contributed by atoms with Gasteiger partial charge in [0.1, 0.15) is 0 Å². The third kappa shape index (κ3) is 21.6. The van der Waals surface area contributed by atoms with Crippen molar-refractivity contribution in [1.82, 2.24) is 0 Å². The summed E-state index contributed by atoms with van der Waals surface area (Å²) < 4.78 is 3.95. The zero-order chi connectivity index (χ0) is 20.2. The molecule has 0 aromatic carbocycles. The van der Waals surface area contributed by atoms with Crippen LogP contribution in [-0.4, -0.2) is 11.9 Å². The predicted molar refractivity (Wildman–Crippen MR) is 136 cm³/mol. The molecule has 0 aliphatic carbocycles. The molecular weight excluding hydrogens is 407 g/mol.